The number of ether oxygens (including phenoxy) is 1. The SMILES string of the molecule is CCNC(C)c1cc(Br)ccc1Oc1ccc(F)cc1C. The fourth-order valence-corrected chi connectivity index (χ4v) is 2.59. The molecule has 0 aliphatic heterocycles. The van der Waals surface area contributed by atoms with Gasteiger partial charge in [-0.1, -0.05) is 22.9 Å². The first kappa shape index (κ1) is 16.0. The Morgan fingerprint density at radius 2 is 1.90 bits per heavy atom. The van der Waals surface area contributed by atoms with E-state index in [0.29, 0.717) is 5.75 Å². The van der Waals surface area contributed by atoms with Crippen LogP contribution in [0.15, 0.2) is 40.9 Å². The first-order chi connectivity index (χ1) is 10.0. The lowest BCUT2D eigenvalue weighted by atomic mass is 10.1. The van der Waals surface area contributed by atoms with Gasteiger partial charge < -0.3 is 10.1 Å². The fourth-order valence-electron chi connectivity index (χ4n) is 2.21. The van der Waals surface area contributed by atoms with Crippen molar-refractivity contribution in [3.8, 4) is 11.5 Å². The highest BCUT2D eigenvalue weighted by Gasteiger charge is 2.13. The van der Waals surface area contributed by atoms with Crippen LogP contribution < -0.4 is 10.1 Å². The molecule has 0 spiro atoms. The molecular weight excluding hydrogens is 333 g/mol. The summed E-state index contributed by atoms with van der Waals surface area (Å²) in [6.45, 7) is 6.88. The lowest BCUT2D eigenvalue weighted by Crippen LogP contribution is -2.18. The number of halogens is 2. The molecule has 0 aromatic heterocycles. The van der Waals surface area contributed by atoms with E-state index < -0.39 is 0 Å². The Morgan fingerprint density at radius 3 is 2.57 bits per heavy atom. The summed E-state index contributed by atoms with van der Waals surface area (Å²) in [5, 5.41) is 3.38. The minimum atomic E-state index is -0.253. The number of aryl methyl sites for hydroxylation is 1. The number of hydrogen-bond donors (Lipinski definition) is 1. The molecule has 0 saturated carbocycles. The maximum absolute atomic E-state index is 13.2. The molecule has 0 saturated heterocycles. The third-order valence-corrected chi connectivity index (χ3v) is 3.80. The molecule has 2 aromatic rings. The molecule has 1 atom stereocenters. The van der Waals surface area contributed by atoms with Crippen molar-refractivity contribution in [3.05, 3.63) is 57.8 Å². The number of benzene rings is 2. The van der Waals surface area contributed by atoms with Gasteiger partial charge in [-0.05, 0) is 62.4 Å². The van der Waals surface area contributed by atoms with Gasteiger partial charge in [-0.3, -0.25) is 0 Å². The number of hydrogen-bond acceptors (Lipinski definition) is 2. The summed E-state index contributed by atoms with van der Waals surface area (Å²) in [5.41, 5.74) is 1.84. The van der Waals surface area contributed by atoms with E-state index in [-0.39, 0.29) is 11.9 Å². The van der Waals surface area contributed by atoms with Crippen LogP contribution in [0.3, 0.4) is 0 Å². The minimum absolute atomic E-state index is 0.170. The van der Waals surface area contributed by atoms with Crippen LogP contribution in [0.2, 0.25) is 0 Å². The normalized spacial score (nSPS) is 12.2. The maximum Gasteiger partial charge on any atom is 0.132 e. The Morgan fingerprint density at radius 1 is 1.19 bits per heavy atom. The van der Waals surface area contributed by atoms with E-state index in [1.807, 2.05) is 25.1 Å². The smallest absolute Gasteiger partial charge is 0.132 e. The van der Waals surface area contributed by atoms with E-state index in [1.54, 1.807) is 6.07 Å². The molecule has 0 heterocycles. The second kappa shape index (κ2) is 7.05. The molecule has 0 radical (unpaired) electrons. The Kier molecular flexibility index (Phi) is 5.37. The quantitative estimate of drug-likeness (QED) is 0.782. The van der Waals surface area contributed by atoms with Crippen LogP contribution in [0.4, 0.5) is 4.39 Å². The summed E-state index contributed by atoms with van der Waals surface area (Å²) >= 11 is 3.49. The van der Waals surface area contributed by atoms with Gasteiger partial charge in [-0.2, -0.15) is 0 Å². The molecule has 0 fully saturated rings. The van der Waals surface area contributed by atoms with Crippen LogP contribution in [0.5, 0.6) is 11.5 Å². The second-order valence-corrected chi connectivity index (χ2v) is 5.89. The van der Waals surface area contributed by atoms with Gasteiger partial charge in [-0.25, -0.2) is 4.39 Å². The highest BCUT2D eigenvalue weighted by Crippen LogP contribution is 2.33. The molecular formula is C17H19BrFNO. The van der Waals surface area contributed by atoms with Crippen molar-refractivity contribution in [2.75, 3.05) is 6.54 Å². The van der Waals surface area contributed by atoms with E-state index in [1.165, 1.54) is 12.1 Å². The molecule has 0 amide bonds. The van der Waals surface area contributed by atoms with Crippen molar-refractivity contribution < 1.29 is 9.13 Å². The average Bonchev–Trinajstić information content (AvgIpc) is 2.43. The standard InChI is InChI=1S/C17H19BrFNO/c1-4-20-12(3)15-10-13(18)5-7-17(15)21-16-8-6-14(19)9-11(16)2/h5-10,12,20H,4H2,1-3H3. The molecule has 2 nitrogen and oxygen atoms in total. The van der Waals surface area contributed by atoms with Crippen LogP contribution in [-0.4, -0.2) is 6.54 Å². The molecule has 1 unspecified atom stereocenters. The summed E-state index contributed by atoms with van der Waals surface area (Å²) in [6, 6.07) is 10.6. The Bertz CT molecular complexity index is 630. The Hall–Kier alpha value is -1.39. The predicted molar refractivity (Wildman–Crippen MR) is 87.4 cm³/mol. The van der Waals surface area contributed by atoms with Crippen molar-refractivity contribution in [2.24, 2.45) is 0 Å². The first-order valence-electron chi connectivity index (χ1n) is 6.98. The van der Waals surface area contributed by atoms with Crippen LogP contribution in [0.1, 0.15) is 31.0 Å². The summed E-state index contributed by atoms with van der Waals surface area (Å²) in [5.74, 6) is 1.20. The van der Waals surface area contributed by atoms with Gasteiger partial charge in [0.2, 0.25) is 0 Å². The molecule has 0 aliphatic rings. The van der Waals surface area contributed by atoms with Crippen LogP contribution in [0.25, 0.3) is 0 Å². The third kappa shape index (κ3) is 4.05. The average molecular weight is 352 g/mol. The zero-order valence-corrected chi connectivity index (χ0v) is 14.0. The van der Waals surface area contributed by atoms with Gasteiger partial charge in [0.05, 0.1) is 0 Å². The first-order valence-corrected chi connectivity index (χ1v) is 7.77. The molecule has 4 heteroatoms. The van der Waals surface area contributed by atoms with Crippen molar-refractivity contribution in [1.82, 2.24) is 5.32 Å². The van der Waals surface area contributed by atoms with Gasteiger partial charge >= 0.3 is 0 Å². The minimum Gasteiger partial charge on any atom is -0.457 e. The summed E-state index contributed by atoms with van der Waals surface area (Å²) in [4.78, 5) is 0. The lowest BCUT2D eigenvalue weighted by Gasteiger charge is -2.18. The molecule has 2 rings (SSSR count). The summed E-state index contributed by atoms with van der Waals surface area (Å²) in [7, 11) is 0. The molecule has 21 heavy (non-hydrogen) atoms. The van der Waals surface area contributed by atoms with Gasteiger partial charge in [0, 0.05) is 16.1 Å². The lowest BCUT2D eigenvalue weighted by molar-refractivity contribution is 0.458. The zero-order valence-electron chi connectivity index (χ0n) is 12.4. The van der Waals surface area contributed by atoms with Crippen molar-refractivity contribution in [3.63, 3.8) is 0 Å². The van der Waals surface area contributed by atoms with Crippen molar-refractivity contribution in [2.45, 2.75) is 26.8 Å². The highest BCUT2D eigenvalue weighted by molar-refractivity contribution is 9.10. The summed E-state index contributed by atoms with van der Waals surface area (Å²) in [6.07, 6.45) is 0. The molecule has 1 N–H and O–H groups in total. The predicted octanol–water partition coefficient (Wildman–Crippen LogP) is 5.36. The van der Waals surface area contributed by atoms with E-state index in [4.69, 9.17) is 4.74 Å². The molecule has 2 aromatic carbocycles. The van der Waals surface area contributed by atoms with E-state index in [2.05, 4.69) is 35.1 Å². The number of nitrogens with one attached hydrogen (secondary N) is 1. The van der Waals surface area contributed by atoms with Crippen molar-refractivity contribution >= 4 is 15.9 Å². The largest absolute Gasteiger partial charge is 0.457 e. The van der Waals surface area contributed by atoms with Gasteiger partial charge in [0.25, 0.3) is 0 Å². The maximum atomic E-state index is 13.2. The van der Waals surface area contributed by atoms with E-state index in [0.717, 1.165) is 27.9 Å². The topological polar surface area (TPSA) is 21.3 Å². The third-order valence-electron chi connectivity index (χ3n) is 3.31. The van der Waals surface area contributed by atoms with Crippen LogP contribution in [-0.2, 0) is 0 Å². The van der Waals surface area contributed by atoms with E-state index in [9.17, 15) is 4.39 Å². The van der Waals surface area contributed by atoms with Gasteiger partial charge in [-0.15, -0.1) is 0 Å². The highest BCUT2D eigenvalue weighted by atomic mass is 79.9. The molecule has 112 valence electrons. The van der Waals surface area contributed by atoms with Gasteiger partial charge in [0.15, 0.2) is 0 Å². The monoisotopic (exact) mass is 351 g/mol. The Labute approximate surface area is 133 Å². The second-order valence-electron chi connectivity index (χ2n) is 4.97. The fraction of sp³-hybridized carbons (Fsp3) is 0.294. The summed E-state index contributed by atoms with van der Waals surface area (Å²) < 4.78 is 20.2. The zero-order chi connectivity index (χ0) is 15.4. The van der Waals surface area contributed by atoms with Crippen molar-refractivity contribution in [1.29, 1.82) is 0 Å². The molecule has 0 bridgehead atoms. The molecule has 0 aliphatic carbocycles. The Balaban J connectivity index is 2.34. The van der Waals surface area contributed by atoms with E-state index >= 15 is 0 Å². The van der Waals surface area contributed by atoms with Crippen LogP contribution in [0, 0.1) is 12.7 Å². The number of rotatable bonds is 5. The van der Waals surface area contributed by atoms with Crippen LogP contribution >= 0.6 is 15.9 Å². The van der Waals surface area contributed by atoms with Gasteiger partial charge in [0.1, 0.15) is 17.3 Å².